The Morgan fingerprint density at radius 2 is 2.11 bits per heavy atom. The van der Waals surface area contributed by atoms with Gasteiger partial charge in [0, 0.05) is 31.4 Å². The van der Waals surface area contributed by atoms with Gasteiger partial charge in [0.15, 0.2) is 0 Å². The average molecular weight is 285 g/mol. The molecule has 0 saturated carbocycles. The lowest BCUT2D eigenvalue weighted by Crippen LogP contribution is -2.46. The summed E-state index contributed by atoms with van der Waals surface area (Å²) in [5, 5.41) is 6.51. The SMILES string of the molecule is O=C(NCC1CCCCS1)C(=O)N1CCCNCC1. The molecule has 0 aromatic heterocycles. The number of hydrogen-bond donors (Lipinski definition) is 2. The van der Waals surface area contributed by atoms with Crippen molar-refractivity contribution in [2.75, 3.05) is 38.5 Å². The van der Waals surface area contributed by atoms with E-state index in [-0.39, 0.29) is 5.91 Å². The zero-order chi connectivity index (χ0) is 13.5. The minimum atomic E-state index is -0.437. The van der Waals surface area contributed by atoms with Gasteiger partial charge >= 0.3 is 11.8 Å². The van der Waals surface area contributed by atoms with Gasteiger partial charge in [0.05, 0.1) is 0 Å². The molecular formula is C13H23N3O2S. The van der Waals surface area contributed by atoms with Crippen molar-refractivity contribution in [1.29, 1.82) is 0 Å². The van der Waals surface area contributed by atoms with Crippen molar-refractivity contribution in [3.8, 4) is 0 Å². The second-order valence-electron chi connectivity index (χ2n) is 5.09. The Balaban J connectivity index is 1.73. The summed E-state index contributed by atoms with van der Waals surface area (Å²) in [5.74, 6) is 0.365. The van der Waals surface area contributed by atoms with Crippen molar-refractivity contribution in [3.05, 3.63) is 0 Å². The topological polar surface area (TPSA) is 61.4 Å². The number of carbonyl (C=O) groups excluding carboxylic acids is 2. The molecule has 2 heterocycles. The van der Waals surface area contributed by atoms with Gasteiger partial charge in [-0.3, -0.25) is 9.59 Å². The second-order valence-corrected chi connectivity index (χ2v) is 6.50. The molecule has 2 aliphatic rings. The molecule has 5 nitrogen and oxygen atoms in total. The molecule has 6 heteroatoms. The Hall–Kier alpha value is -0.750. The van der Waals surface area contributed by atoms with Crippen LogP contribution in [0.1, 0.15) is 25.7 Å². The summed E-state index contributed by atoms with van der Waals surface area (Å²) in [6, 6.07) is 0. The van der Waals surface area contributed by atoms with E-state index in [0.29, 0.717) is 24.9 Å². The van der Waals surface area contributed by atoms with E-state index in [9.17, 15) is 9.59 Å². The summed E-state index contributed by atoms with van der Waals surface area (Å²) >= 11 is 1.91. The molecule has 2 N–H and O–H groups in total. The molecule has 0 aromatic carbocycles. The number of nitrogens with one attached hydrogen (secondary N) is 2. The summed E-state index contributed by atoms with van der Waals surface area (Å²) in [6.07, 6.45) is 4.57. The molecular weight excluding hydrogens is 262 g/mol. The smallest absolute Gasteiger partial charge is 0.311 e. The lowest BCUT2D eigenvalue weighted by Gasteiger charge is -2.23. The van der Waals surface area contributed by atoms with Crippen molar-refractivity contribution in [2.24, 2.45) is 0 Å². The van der Waals surface area contributed by atoms with Crippen LogP contribution in [0.2, 0.25) is 0 Å². The van der Waals surface area contributed by atoms with Crippen LogP contribution >= 0.6 is 11.8 Å². The van der Waals surface area contributed by atoms with Gasteiger partial charge in [0.1, 0.15) is 0 Å². The molecule has 2 rings (SSSR count). The fourth-order valence-electron chi connectivity index (χ4n) is 2.44. The van der Waals surface area contributed by atoms with Gasteiger partial charge in [-0.2, -0.15) is 11.8 Å². The third-order valence-electron chi connectivity index (χ3n) is 3.59. The highest BCUT2D eigenvalue weighted by molar-refractivity contribution is 7.99. The van der Waals surface area contributed by atoms with Crippen LogP contribution in [-0.4, -0.2) is 60.4 Å². The van der Waals surface area contributed by atoms with Crippen LogP contribution < -0.4 is 10.6 Å². The van der Waals surface area contributed by atoms with E-state index in [1.165, 1.54) is 18.6 Å². The lowest BCUT2D eigenvalue weighted by molar-refractivity contribution is -0.145. The fraction of sp³-hybridized carbons (Fsp3) is 0.846. The van der Waals surface area contributed by atoms with Gasteiger partial charge < -0.3 is 15.5 Å². The van der Waals surface area contributed by atoms with E-state index in [4.69, 9.17) is 0 Å². The maximum absolute atomic E-state index is 12.0. The minimum Gasteiger partial charge on any atom is -0.347 e. The van der Waals surface area contributed by atoms with E-state index in [1.54, 1.807) is 4.90 Å². The fourth-order valence-corrected chi connectivity index (χ4v) is 3.68. The van der Waals surface area contributed by atoms with E-state index in [0.717, 1.165) is 25.9 Å². The maximum atomic E-state index is 12.0. The van der Waals surface area contributed by atoms with Crippen LogP contribution in [-0.2, 0) is 9.59 Å². The van der Waals surface area contributed by atoms with Gasteiger partial charge in [-0.25, -0.2) is 0 Å². The van der Waals surface area contributed by atoms with Crippen LogP contribution in [0.3, 0.4) is 0 Å². The molecule has 19 heavy (non-hydrogen) atoms. The predicted molar refractivity (Wildman–Crippen MR) is 77.2 cm³/mol. The first-order valence-electron chi connectivity index (χ1n) is 7.17. The standard InChI is InChI=1S/C13H23N3O2S/c17-12(15-10-11-4-1-2-9-19-11)13(18)16-7-3-5-14-6-8-16/h11,14H,1-10H2,(H,15,17). The summed E-state index contributed by atoms with van der Waals surface area (Å²) in [5.41, 5.74) is 0. The van der Waals surface area contributed by atoms with Crippen molar-refractivity contribution < 1.29 is 9.59 Å². The first kappa shape index (κ1) is 14.7. The van der Waals surface area contributed by atoms with E-state index >= 15 is 0 Å². The number of thioether (sulfide) groups is 1. The third kappa shape index (κ3) is 4.69. The number of hydrogen-bond acceptors (Lipinski definition) is 4. The molecule has 1 unspecified atom stereocenters. The van der Waals surface area contributed by atoms with Crippen molar-refractivity contribution in [3.63, 3.8) is 0 Å². The van der Waals surface area contributed by atoms with Crippen LogP contribution in [0.5, 0.6) is 0 Å². The van der Waals surface area contributed by atoms with Gasteiger partial charge in [-0.1, -0.05) is 6.42 Å². The molecule has 0 bridgehead atoms. The van der Waals surface area contributed by atoms with Crippen LogP contribution in [0, 0.1) is 0 Å². The van der Waals surface area contributed by atoms with Gasteiger partial charge in [0.2, 0.25) is 0 Å². The predicted octanol–water partition coefficient (Wildman–Crippen LogP) is 0.210. The highest BCUT2D eigenvalue weighted by atomic mass is 32.2. The largest absolute Gasteiger partial charge is 0.347 e. The van der Waals surface area contributed by atoms with E-state index < -0.39 is 5.91 Å². The van der Waals surface area contributed by atoms with Gasteiger partial charge in [-0.15, -0.1) is 0 Å². The van der Waals surface area contributed by atoms with Crippen LogP contribution in [0.25, 0.3) is 0 Å². The van der Waals surface area contributed by atoms with Crippen molar-refractivity contribution in [2.45, 2.75) is 30.9 Å². The third-order valence-corrected chi connectivity index (χ3v) is 4.98. The molecule has 1 atom stereocenters. The Labute approximate surface area is 118 Å². The van der Waals surface area contributed by atoms with Crippen molar-refractivity contribution >= 4 is 23.6 Å². The molecule has 0 aliphatic carbocycles. The molecule has 0 aromatic rings. The quantitative estimate of drug-likeness (QED) is 0.712. The minimum absolute atomic E-state index is 0.371. The number of amides is 2. The summed E-state index contributed by atoms with van der Waals surface area (Å²) in [7, 11) is 0. The Morgan fingerprint density at radius 1 is 1.21 bits per heavy atom. The molecule has 2 saturated heterocycles. The first-order chi connectivity index (χ1) is 9.27. The zero-order valence-electron chi connectivity index (χ0n) is 11.3. The molecule has 0 radical (unpaired) electrons. The number of nitrogens with zero attached hydrogens (tertiary/aromatic N) is 1. The zero-order valence-corrected chi connectivity index (χ0v) is 12.1. The Kier molecular flexibility index (Phi) is 5.97. The molecule has 2 amide bonds. The number of rotatable bonds is 2. The molecule has 2 fully saturated rings. The van der Waals surface area contributed by atoms with Crippen molar-refractivity contribution in [1.82, 2.24) is 15.5 Å². The maximum Gasteiger partial charge on any atom is 0.311 e. The Bertz CT molecular complexity index is 311. The first-order valence-corrected chi connectivity index (χ1v) is 8.21. The highest BCUT2D eigenvalue weighted by Crippen LogP contribution is 2.24. The van der Waals surface area contributed by atoms with Gasteiger partial charge in [0.25, 0.3) is 0 Å². The normalized spacial score (nSPS) is 24.6. The van der Waals surface area contributed by atoms with Crippen LogP contribution in [0.15, 0.2) is 0 Å². The second kappa shape index (κ2) is 7.75. The van der Waals surface area contributed by atoms with Gasteiger partial charge in [-0.05, 0) is 31.6 Å². The lowest BCUT2D eigenvalue weighted by atomic mass is 10.2. The van der Waals surface area contributed by atoms with Crippen LogP contribution in [0.4, 0.5) is 0 Å². The number of carbonyl (C=O) groups is 2. The average Bonchev–Trinajstić information content (AvgIpc) is 2.74. The monoisotopic (exact) mass is 285 g/mol. The Morgan fingerprint density at radius 3 is 2.89 bits per heavy atom. The molecule has 0 spiro atoms. The van der Waals surface area contributed by atoms with E-state index in [1.807, 2.05) is 11.8 Å². The molecule has 2 aliphatic heterocycles. The van der Waals surface area contributed by atoms with E-state index in [2.05, 4.69) is 10.6 Å². The molecule has 108 valence electrons. The summed E-state index contributed by atoms with van der Waals surface area (Å²) in [6.45, 7) is 3.63. The highest BCUT2D eigenvalue weighted by Gasteiger charge is 2.23. The summed E-state index contributed by atoms with van der Waals surface area (Å²) in [4.78, 5) is 25.5. The summed E-state index contributed by atoms with van der Waals surface area (Å²) < 4.78 is 0.